The number of hydrogen-bond donors (Lipinski definition) is 1. The lowest BCUT2D eigenvalue weighted by atomic mass is 9.95. The molecule has 0 unspecified atom stereocenters. The van der Waals surface area contributed by atoms with Crippen LogP contribution in [0.25, 0.3) is 0 Å². The molecule has 1 N–H and O–H groups in total. The highest BCUT2D eigenvalue weighted by molar-refractivity contribution is 5.95. The summed E-state index contributed by atoms with van der Waals surface area (Å²) in [5, 5.41) is 8.58. The minimum absolute atomic E-state index is 0.127. The van der Waals surface area contributed by atoms with Crippen molar-refractivity contribution in [3.63, 3.8) is 0 Å². The second-order valence-electron chi connectivity index (χ2n) is 3.37. The highest BCUT2D eigenvalue weighted by atomic mass is 19.4. The van der Waals surface area contributed by atoms with E-state index in [4.69, 9.17) is 5.11 Å². The van der Waals surface area contributed by atoms with Crippen LogP contribution in [0.1, 0.15) is 31.8 Å². The van der Waals surface area contributed by atoms with Gasteiger partial charge < -0.3 is 5.11 Å². The largest absolute Gasteiger partial charge is 0.478 e. The van der Waals surface area contributed by atoms with Gasteiger partial charge in [-0.25, -0.2) is 4.79 Å². The van der Waals surface area contributed by atoms with Crippen LogP contribution in [0.3, 0.4) is 0 Å². The quantitative estimate of drug-likeness (QED) is 0.670. The lowest BCUT2D eigenvalue weighted by molar-refractivity contribution is -0.144. The first-order valence-corrected chi connectivity index (χ1v) is 4.50. The molecule has 0 saturated heterocycles. The molecule has 0 aliphatic carbocycles. The lowest BCUT2D eigenvalue weighted by Gasteiger charge is -2.17. The summed E-state index contributed by atoms with van der Waals surface area (Å²) in [6.45, 7) is 0. The third-order valence-electron chi connectivity index (χ3n) is 2.17. The van der Waals surface area contributed by atoms with Crippen molar-refractivity contribution < 1.29 is 41.0 Å². The van der Waals surface area contributed by atoms with Crippen LogP contribution in [-0.4, -0.2) is 17.4 Å². The summed E-state index contributed by atoms with van der Waals surface area (Å²) in [4.78, 5) is 21.1. The van der Waals surface area contributed by atoms with Gasteiger partial charge in [0.25, 0.3) is 0 Å². The van der Waals surface area contributed by atoms with Crippen molar-refractivity contribution in [1.82, 2.24) is 0 Å². The molecule has 0 saturated carbocycles. The zero-order chi connectivity index (χ0) is 15.0. The second kappa shape index (κ2) is 4.56. The van der Waals surface area contributed by atoms with Gasteiger partial charge >= 0.3 is 18.3 Å². The summed E-state index contributed by atoms with van der Waals surface area (Å²) >= 11 is 0. The normalized spacial score (nSPS) is 12.3. The van der Waals surface area contributed by atoms with Crippen molar-refractivity contribution >= 4 is 12.3 Å². The number of carboxylic acids is 1. The summed E-state index contributed by atoms with van der Waals surface area (Å²) in [5.41, 5.74) is -7.22. The molecule has 0 amide bonds. The highest BCUT2D eigenvalue weighted by Crippen LogP contribution is 2.40. The van der Waals surface area contributed by atoms with E-state index in [1.54, 1.807) is 0 Å². The van der Waals surface area contributed by atoms with E-state index in [0.717, 1.165) is 0 Å². The van der Waals surface area contributed by atoms with Gasteiger partial charge in [0.2, 0.25) is 0 Å². The van der Waals surface area contributed by atoms with Gasteiger partial charge in [0, 0.05) is 5.56 Å². The molecule has 104 valence electrons. The van der Waals surface area contributed by atoms with Crippen molar-refractivity contribution in [1.29, 1.82) is 0 Å². The van der Waals surface area contributed by atoms with Crippen LogP contribution in [-0.2, 0) is 12.4 Å². The van der Waals surface area contributed by atoms with Crippen molar-refractivity contribution in [3.05, 3.63) is 34.4 Å². The minimum atomic E-state index is -5.40. The van der Waals surface area contributed by atoms with Crippen LogP contribution in [0.4, 0.5) is 26.3 Å². The molecule has 19 heavy (non-hydrogen) atoms. The number of rotatable bonds is 2. The van der Waals surface area contributed by atoms with E-state index in [1.807, 2.05) is 0 Å². The Hall–Kier alpha value is -2.06. The fourth-order valence-corrected chi connectivity index (χ4v) is 1.48. The summed E-state index contributed by atoms with van der Waals surface area (Å²) < 4.78 is 75.4. The molecule has 9 heteroatoms. The molecule has 1 rings (SSSR count). The maximum atomic E-state index is 12.6. The van der Waals surface area contributed by atoms with E-state index in [1.165, 1.54) is 0 Å². The Morgan fingerprint density at radius 2 is 1.58 bits per heavy atom. The lowest BCUT2D eigenvalue weighted by Crippen LogP contribution is -2.21. The van der Waals surface area contributed by atoms with Gasteiger partial charge in [-0.1, -0.05) is 6.07 Å². The molecule has 0 radical (unpaired) electrons. The first-order valence-electron chi connectivity index (χ1n) is 4.50. The highest BCUT2D eigenvalue weighted by Gasteiger charge is 2.44. The minimum Gasteiger partial charge on any atom is -0.478 e. The Bertz CT molecular complexity index is 529. The molecule has 0 aliphatic heterocycles. The molecule has 0 spiro atoms. The van der Waals surface area contributed by atoms with Crippen LogP contribution in [0.15, 0.2) is 12.1 Å². The first kappa shape index (κ1) is 15.0. The molecule has 3 nitrogen and oxygen atoms in total. The SMILES string of the molecule is O=Cc1ccc(C(F)(F)F)c(C(=O)O)c1C(F)(F)F. The van der Waals surface area contributed by atoms with E-state index in [9.17, 15) is 35.9 Å². The fraction of sp³-hybridized carbons (Fsp3) is 0.200. The average Bonchev–Trinajstić information content (AvgIpc) is 2.24. The van der Waals surface area contributed by atoms with Gasteiger partial charge in [-0.15, -0.1) is 0 Å². The van der Waals surface area contributed by atoms with Gasteiger partial charge in [0.15, 0.2) is 6.29 Å². The number of carbonyl (C=O) groups excluding carboxylic acids is 1. The smallest absolute Gasteiger partial charge is 0.417 e. The first-order chi connectivity index (χ1) is 8.50. The molecular formula is C10H4F6O3. The predicted octanol–water partition coefficient (Wildman–Crippen LogP) is 3.23. The third kappa shape index (κ3) is 2.85. The average molecular weight is 286 g/mol. The third-order valence-corrected chi connectivity index (χ3v) is 2.17. The predicted molar refractivity (Wildman–Crippen MR) is 48.8 cm³/mol. The maximum absolute atomic E-state index is 12.6. The van der Waals surface area contributed by atoms with Crippen LogP contribution in [0.2, 0.25) is 0 Å². The van der Waals surface area contributed by atoms with Crippen molar-refractivity contribution in [3.8, 4) is 0 Å². The second-order valence-corrected chi connectivity index (χ2v) is 3.37. The van der Waals surface area contributed by atoms with E-state index < -0.39 is 40.6 Å². The Morgan fingerprint density at radius 3 is 1.89 bits per heavy atom. The van der Waals surface area contributed by atoms with Gasteiger partial charge in [0.1, 0.15) is 0 Å². The van der Waals surface area contributed by atoms with E-state index in [2.05, 4.69) is 0 Å². The van der Waals surface area contributed by atoms with Crippen LogP contribution in [0.5, 0.6) is 0 Å². The molecule has 0 aromatic heterocycles. The van der Waals surface area contributed by atoms with Crippen LogP contribution < -0.4 is 0 Å². The molecular weight excluding hydrogens is 282 g/mol. The number of halogens is 6. The standard InChI is InChI=1S/C10H4F6O3/c11-9(12,13)5-2-1-4(3-17)7(10(14,15)16)6(5)8(18)19/h1-3H,(H,18,19). The monoisotopic (exact) mass is 286 g/mol. The van der Waals surface area contributed by atoms with Crippen molar-refractivity contribution in [2.24, 2.45) is 0 Å². The van der Waals surface area contributed by atoms with Crippen LogP contribution in [0, 0.1) is 0 Å². The van der Waals surface area contributed by atoms with E-state index in [-0.39, 0.29) is 18.4 Å². The zero-order valence-electron chi connectivity index (χ0n) is 8.76. The number of carbonyl (C=O) groups is 2. The van der Waals surface area contributed by atoms with Gasteiger partial charge in [-0.3, -0.25) is 4.79 Å². The Morgan fingerprint density at radius 1 is 1.05 bits per heavy atom. The van der Waals surface area contributed by atoms with E-state index >= 15 is 0 Å². The summed E-state index contributed by atoms with van der Waals surface area (Å²) in [6, 6.07) is 0.410. The van der Waals surface area contributed by atoms with Gasteiger partial charge in [-0.05, 0) is 6.07 Å². The van der Waals surface area contributed by atoms with Crippen molar-refractivity contribution in [2.75, 3.05) is 0 Å². The van der Waals surface area contributed by atoms with Crippen molar-refractivity contribution in [2.45, 2.75) is 12.4 Å². The molecule has 0 heterocycles. The number of carboxylic acid groups (broad SMARTS) is 1. The summed E-state index contributed by atoms with van der Waals surface area (Å²) in [7, 11) is 0. The maximum Gasteiger partial charge on any atom is 0.417 e. The number of benzene rings is 1. The Labute approximate surface area is 101 Å². The number of alkyl halides is 6. The molecule has 0 aliphatic rings. The van der Waals surface area contributed by atoms with Gasteiger partial charge in [0.05, 0.1) is 16.7 Å². The molecule has 0 atom stereocenters. The topological polar surface area (TPSA) is 54.4 Å². The van der Waals surface area contributed by atoms with Crippen LogP contribution >= 0.6 is 0 Å². The Kier molecular flexibility index (Phi) is 3.60. The number of aromatic carboxylic acids is 1. The fourth-order valence-electron chi connectivity index (χ4n) is 1.48. The Balaban J connectivity index is 3.85. The zero-order valence-corrected chi connectivity index (χ0v) is 8.76. The van der Waals surface area contributed by atoms with E-state index in [0.29, 0.717) is 0 Å². The molecule has 1 aromatic carbocycles. The molecule has 1 aromatic rings. The molecule has 0 bridgehead atoms. The van der Waals surface area contributed by atoms with Gasteiger partial charge in [-0.2, -0.15) is 26.3 Å². The number of hydrogen-bond acceptors (Lipinski definition) is 2. The molecule has 0 fully saturated rings. The summed E-state index contributed by atoms with van der Waals surface area (Å²) in [6.07, 6.45) is -11.0. The summed E-state index contributed by atoms with van der Waals surface area (Å²) in [5.74, 6) is -2.41. The number of aldehydes is 1.